The van der Waals surface area contributed by atoms with Crippen LogP contribution >= 0.6 is 0 Å². The van der Waals surface area contributed by atoms with Gasteiger partial charge >= 0.3 is 0 Å². The lowest BCUT2D eigenvalue weighted by molar-refractivity contribution is 0.221. The number of rotatable bonds is 6. The number of benzene rings is 1. The van der Waals surface area contributed by atoms with Gasteiger partial charge in [0.15, 0.2) is 0 Å². The SMILES string of the molecule is CN(C)c1ccnc(NC2CCN(CCc3ccccc3)CC2)n1. The van der Waals surface area contributed by atoms with Crippen molar-refractivity contribution in [2.45, 2.75) is 25.3 Å². The predicted octanol–water partition coefficient (Wildman–Crippen LogP) is 2.66. The summed E-state index contributed by atoms with van der Waals surface area (Å²) in [5, 5.41) is 3.49. The van der Waals surface area contributed by atoms with Gasteiger partial charge in [0.25, 0.3) is 0 Å². The summed E-state index contributed by atoms with van der Waals surface area (Å²) in [4.78, 5) is 13.5. The fraction of sp³-hybridized carbons (Fsp3) is 0.474. The minimum Gasteiger partial charge on any atom is -0.363 e. The molecule has 1 N–H and O–H groups in total. The summed E-state index contributed by atoms with van der Waals surface area (Å²) in [5.41, 5.74) is 1.42. The van der Waals surface area contributed by atoms with Gasteiger partial charge in [-0.1, -0.05) is 30.3 Å². The molecule has 0 aliphatic carbocycles. The molecular weight excluding hydrogens is 298 g/mol. The highest BCUT2D eigenvalue weighted by Crippen LogP contribution is 2.16. The summed E-state index contributed by atoms with van der Waals surface area (Å²) in [6.07, 6.45) is 5.24. The van der Waals surface area contributed by atoms with Crippen LogP contribution in [0.1, 0.15) is 18.4 Å². The fourth-order valence-corrected chi connectivity index (χ4v) is 3.08. The Labute approximate surface area is 144 Å². The van der Waals surface area contributed by atoms with Gasteiger partial charge in [-0.3, -0.25) is 0 Å². The number of aromatic nitrogens is 2. The molecule has 0 saturated carbocycles. The molecule has 1 aliphatic heterocycles. The van der Waals surface area contributed by atoms with E-state index < -0.39 is 0 Å². The number of nitrogens with one attached hydrogen (secondary N) is 1. The molecule has 128 valence electrons. The van der Waals surface area contributed by atoms with Crippen LogP contribution in [0.5, 0.6) is 0 Å². The molecule has 5 heteroatoms. The Morgan fingerprint density at radius 1 is 1.12 bits per heavy atom. The third-order valence-corrected chi connectivity index (χ3v) is 4.58. The quantitative estimate of drug-likeness (QED) is 0.884. The first kappa shape index (κ1) is 16.7. The van der Waals surface area contributed by atoms with Crippen LogP contribution in [0.3, 0.4) is 0 Å². The zero-order valence-corrected chi connectivity index (χ0v) is 14.7. The first-order valence-corrected chi connectivity index (χ1v) is 8.74. The molecule has 0 bridgehead atoms. The van der Waals surface area contributed by atoms with Crippen molar-refractivity contribution in [1.82, 2.24) is 14.9 Å². The maximum atomic E-state index is 4.55. The molecular formula is C19H27N5. The summed E-state index contributed by atoms with van der Waals surface area (Å²) < 4.78 is 0. The molecule has 1 aromatic heterocycles. The molecule has 1 fully saturated rings. The van der Waals surface area contributed by atoms with Crippen molar-refractivity contribution in [2.24, 2.45) is 0 Å². The van der Waals surface area contributed by atoms with E-state index in [4.69, 9.17) is 0 Å². The zero-order chi connectivity index (χ0) is 16.8. The monoisotopic (exact) mass is 325 g/mol. The predicted molar refractivity (Wildman–Crippen MR) is 99.6 cm³/mol. The van der Waals surface area contributed by atoms with Gasteiger partial charge < -0.3 is 15.1 Å². The van der Waals surface area contributed by atoms with Crippen molar-refractivity contribution in [2.75, 3.05) is 43.9 Å². The fourth-order valence-electron chi connectivity index (χ4n) is 3.08. The second-order valence-electron chi connectivity index (χ2n) is 6.63. The van der Waals surface area contributed by atoms with Gasteiger partial charge in [0.1, 0.15) is 5.82 Å². The van der Waals surface area contributed by atoms with E-state index in [2.05, 4.69) is 50.5 Å². The topological polar surface area (TPSA) is 44.3 Å². The minimum atomic E-state index is 0.468. The Balaban J connectivity index is 1.44. The van der Waals surface area contributed by atoms with Crippen molar-refractivity contribution in [1.29, 1.82) is 0 Å². The van der Waals surface area contributed by atoms with Gasteiger partial charge in [-0.25, -0.2) is 4.98 Å². The first-order chi connectivity index (χ1) is 11.7. The van der Waals surface area contributed by atoms with E-state index in [0.717, 1.165) is 50.7 Å². The molecule has 0 radical (unpaired) electrons. The second-order valence-corrected chi connectivity index (χ2v) is 6.63. The number of nitrogens with zero attached hydrogens (tertiary/aromatic N) is 4. The summed E-state index contributed by atoms with van der Waals surface area (Å²) in [6.45, 7) is 3.42. The summed E-state index contributed by atoms with van der Waals surface area (Å²) in [5.74, 6) is 1.68. The van der Waals surface area contributed by atoms with Crippen LogP contribution in [-0.4, -0.2) is 54.6 Å². The molecule has 2 heterocycles. The van der Waals surface area contributed by atoms with Crippen LogP contribution in [0.2, 0.25) is 0 Å². The Morgan fingerprint density at radius 3 is 2.58 bits per heavy atom. The number of likely N-dealkylation sites (tertiary alicyclic amines) is 1. The van der Waals surface area contributed by atoms with Crippen molar-refractivity contribution >= 4 is 11.8 Å². The first-order valence-electron chi connectivity index (χ1n) is 8.74. The van der Waals surface area contributed by atoms with Gasteiger partial charge in [-0.05, 0) is 30.9 Å². The minimum absolute atomic E-state index is 0.468. The largest absolute Gasteiger partial charge is 0.363 e. The average Bonchev–Trinajstić information content (AvgIpc) is 2.62. The number of hydrogen-bond donors (Lipinski definition) is 1. The van der Waals surface area contributed by atoms with Gasteiger partial charge in [0, 0.05) is 46.0 Å². The van der Waals surface area contributed by atoms with Crippen LogP contribution in [-0.2, 0) is 6.42 Å². The third kappa shape index (κ3) is 4.68. The highest BCUT2D eigenvalue weighted by atomic mass is 15.2. The lowest BCUT2D eigenvalue weighted by atomic mass is 10.0. The number of hydrogen-bond acceptors (Lipinski definition) is 5. The molecule has 0 amide bonds. The van der Waals surface area contributed by atoms with Crippen LogP contribution < -0.4 is 10.2 Å². The molecule has 3 rings (SSSR count). The van der Waals surface area contributed by atoms with Crippen LogP contribution in [0.4, 0.5) is 11.8 Å². The smallest absolute Gasteiger partial charge is 0.224 e. The number of anilines is 2. The van der Waals surface area contributed by atoms with E-state index in [1.165, 1.54) is 5.56 Å². The van der Waals surface area contributed by atoms with Crippen molar-refractivity contribution in [3.63, 3.8) is 0 Å². The molecule has 5 nitrogen and oxygen atoms in total. The molecule has 24 heavy (non-hydrogen) atoms. The lowest BCUT2D eigenvalue weighted by Gasteiger charge is -2.32. The van der Waals surface area contributed by atoms with E-state index in [1.54, 1.807) is 0 Å². The summed E-state index contributed by atoms with van der Waals surface area (Å²) in [7, 11) is 3.99. The molecule has 1 aromatic carbocycles. The zero-order valence-electron chi connectivity index (χ0n) is 14.7. The number of piperidine rings is 1. The van der Waals surface area contributed by atoms with Gasteiger partial charge in [0.05, 0.1) is 0 Å². The van der Waals surface area contributed by atoms with Crippen LogP contribution in [0, 0.1) is 0 Å². The van der Waals surface area contributed by atoms with Crippen molar-refractivity contribution in [3.05, 3.63) is 48.2 Å². The molecule has 1 aliphatic rings. The Hall–Kier alpha value is -2.14. The Kier molecular flexibility index (Phi) is 5.64. The maximum absolute atomic E-state index is 4.55. The van der Waals surface area contributed by atoms with Crippen LogP contribution in [0.15, 0.2) is 42.6 Å². The summed E-state index contributed by atoms with van der Waals surface area (Å²) in [6, 6.07) is 13.1. The Morgan fingerprint density at radius 2 is 1.88 bits per heavy atom. The maximum Gasteiger partial charge on any atom is 0.224 e. The third-order valence-electron chi connectivity index (χ3n) is 4.58. The lowest BCUT2D eigenvalue weighted by Crippen LogP contribution is -2.40. The summed E-state index contributed by atoms with van der Waals surface area (Å²) >= 11 is 0. The van der Waals surface area contributed by atoms with E-state index in [-0.39, 0.29) is 0 Å². The van der Waals surface area contributed by atoms with Gasteiger partial charge in [-0.2, -0.15) is 4.98 Å². The van der Waals surface area contributed by atoms with Crippen LogP contribution in [0.25, 0.3) is 0 Å². The van der Waals surface area contributed by atoms with Crippen molar-refractivity contribution in [3.8, 4) is 0 Å². The molecule has 1 saturated heterocycles. The second kappa shape index (κ2) is 8.11. The average molecular weight is 325 g/mol. The highest BCUT2D eigenvalue weighted by Gasteiger charge is 2.19. The van der Waals surface area contributed by atoms with E-state index in [9.17, 15) is 0 Å². The van der Waals surface area contributed by atoms with E-state index >= 15 is 0 Å². The molecule has 0 spiro atoms. The highest BCUT2D eigenvalue weighted by molar-refractivity contribution is 5.41. The van der Waals surface area contributed by atoms with Crippen molar-refractivity contribution < 1.29 is 0 Å². The molecule has 0 unspecified atom stereocenters. The van der Waals surface area contributed by atoms with Gasteiger partial charge in [-0.15, -0.1) is 0 Å². The Bertz CT molecular complexity index is 621. The van der Waals surface area contributed by atoms with E-state index in [1.807, 2.05) is 31.3 Å². The molecule has 0 atom stereocenters. The van der Waals surface area contributed by atoms with Gasteiger partial charge in [0.2, 0.25) is 5.95 Å². The molecule has 2 aromatic rings. The normalized spacial score (nSPS) is 16.1. The van der Waals surface area contributed by atoms with E-state index in [0.29, 0.717) is 6.04 Å². The standard InChI is InChI=1S/C19H27N5/c1-23(2)18-8-12-20-19(22-18)21-17-10-14-24(15-11-17)13-9-16-6-4-3-5-7-16/h3-8,12,17H,9-11,13-15H2,1-2H3,(H,20,21,22).